The lowest BCUT2D eigenvalue weighted by Crippen LogP contribution is -2.45. The summed E-state index contributed by atoms with van der Waals surface area (Å²) in [5.74, 6) is 0.852. The molecule has 5 nitrogen and oxygen atoms in total. The molecule has 24 heavy (non-hydrogen) atoms. The highest BCUT2D eigenvalue weighted by Crippen LogP contribution is 2.23. The summed E-state index contributed by atoms with van der Waals surface area (Å²) in [6.45, 7) is 9.57. The second-order valence-electron chi connectivity index (χ2n) is 6.96. The highest BCUT2D eigenvalue weighted by Gasteiger charge is 2.29. The van der Waals surface area contributed by atoms with Gasteiger partial charge in [0.2, 0.25) is 0 Å². The number of nitrogens with one attached hydrogen (secondary N) is 2. The topological polar surface area (TPSA) is 48.9 Å². The van der Waals surface area contributed by atoms with E-state index in [2.05, 4.69) is 68.6 Å². The fraction of sp³-hybridized carbons (Fsp3) is 0.632. The van der Waals surface area contributed by atoms with E-state index in [0.717, 1.165) is 38.5 Å². The molecule has 0 bridgehead atoms. The number of aliphatic imine (C=N–C) groups is 1. The number of ether oxygens (including phenoxy) is 1. The highest BCUT2D eigenvalue weighted by atomic mass is 16.5. The fourth-order valence-corrected chi connectivity index (χ4v) is 2.89. The quantitative estimate of drug-likeness (QED) is 0.621. The summed E-state index contributed by atoms with van der Waals surface area (Å²) in [6.07, 6.45) is 2.24. The Morgan fingerprint density at radius 1 is 1.33 bits per heavy atom. The van der Waals surface area contributed by atoms with Crippen LogP contribution in [0.4, 0.5) is 5.69 Å². The van der Waals surface area contributed by atoms with E-state index in [9.17, 15) is 0 Å². The molecule has 1 aromatic carbocycles. The largest absolute Gasteiger partial charge is 0.378 e. The first-order valence-corrected chi connectivity index (χ1v) is 8.86. The monoisotopic (exact) mass is 332 g/mol. The van der Waals surface area contributed by atoms with Gasteiger partial charge in [-0.3, -0.25) is 0 Å². The minimum atomic E-state index is -0.0700. The minimum Gasteiger partial charge on any atom is -0.378 e. The third-order valence-electron chi connectivity index (χ3n) is 4.52. The normalized spacial score (nSPS) is 21.0. The van der Waals surface area contributed by atoms with Gasteiger partial charge < -0.3 is 20.3 Å². The van der Waals surface area contributed by atoms with Crippen LogP contribution in [-0.4, -0.2) is 45.4 Å². The predicted molar refractivity (Wildman–Crippen MR) is 102 cm³/mol. The molecule has 1 saturated heterocycles. The number of nitrogens with zero attached hydrogens (tertiary/aromatic N) is 2. The van der Waals surface area contributed by atoms with Crippen molar-refractivity contribution in [2.75, 3.05) is 38.7 Å². The van der Waals surface area contributed by atoms with Gasteiger partial charge in [-0.1, -0.05) is 6.07 Å². The van der Waals surface area contributed by atoms with Crippen molar-refractivity contribution >= 4 is 11.6 Å². The summed E-state index contributed by atoms with van der Waals surface area (Å²) < 4.78 is 5.84. The van der Waals surface area contributed by atoms with Crippen LogP contribution in [0.25, 0.3) is 0 Å². The summed E-state index contributed by atoms with van der Waals surface area (Å²) in [6, 6.07) is 6.52. The Bertz CT molecular complexity index is 562. The van der Waals surface area contributed by atoms with Gasteiger partial charge in [0.05, 0.1) is 12.1 Å². The third kappa shape index (κ3) is 5.13. The zero-order valence-corrected chi connectivity index (χ0v) is 15.8. The van der Waals surface area contributed by atoms with Gasteiger partial charge in [0, 0.05) is 39.5 Å². The van der Waals surface area contributed by atoms with Crippen LogP contribution in [0.5, 0.6) is 0 Å². The SMILES string of the molecule is CCNC(=NCc1ccc(N(C)C)cc1C)NCC1(C)CCCO1. The Morgan fingerprint density at radius 2 is 2.12 bits per heavy atom. The van der Waals surface area contributed by atoms with Crippen LogP contribution in [0.1, 0.15) is 37.8 Å². The first-order chi connectivity index (χ1) is 11.4. The van der Waals surface area contributed by atoms with Crippen LogP contribution in [0.3, 0.4) is 0 Å². The van der Waals surface area contributed by atoms with E-state index < -0.39 is 0 Å². The molecule has 2 rings (SSSR count). The molecule has 5 heteroatoms. The van der Waals surface area contributed by atoms with Crippen LogP contribution >= 0.6 is 0 Å². The van der Waals surface area contributed by atoms with Crippen LogP contribution in [0.2, 0.25) is 0 Å². The molecule has 0 aromatic heterocycles. The van der Waals surface area contributed by atoms with E-state index >= 15 is 0 Å². The molecule has 0 spiro atoms. The molecule has 0 aliphatic carbocycles. The van der Waals surface area contributed by atoms with Gasteiger partial charge in [0.15, 0.2) is 5.96 Å². The lowest BCUT2D eigenvalue weighted by atomic mass is 10.0. The van der Waals surface area contributed by atoms with E-state index in [4.69, 9.17) is 9.73 Å². The number of hydrogen-bond acceptors (Lipinski definition) is 3. The molecule has 134 valence electrons. The van der Waals surface area contributed by atoms with Crippen molar-refractivity contribution in [1.29, 1.82) is 0 Å². The number of benzene rings is 1. The molecule has 1 aliphatic rings. The molecule has 1 aliphatic heterocycles. The van der Waals surface area contributed by atoms with Gasteiger partial charge in [0.25, 0.3) is 0 Å². The van der Waals surface area contributed by atoms with Crippen molar-refractivity contribution in [2.45, 2.75) is 45.8 Å². The van der Waals surface area contributed by atoms with Crippen molar-refractivity contribution in [3.8, 4) is 0 Å². The van der Waals surface area contributed by atoms with Gasteiger partial charge in [-0.15, -0.1) is 0 Å². The van der Waals surface area contributed by atoms with Crippen LogP contribution in [0.15, 0.2) is 23.2 Å². The molecule has 1 aromatic rings. The average Bonchev–Trinajstić information content (AvgIpc) is 2.98. The standard InChI is InChI=1S/C19H32N4O/c1-6-20-18(22-14-19(3)10-7-11-24-19)21-13-16-8-9-17(23(4)5)12-15(16)2/h8-9,12H,6-7,10-11,13-14H2,1-5H3,(H2,20,21,22). The van der Waals surface area contributed by atoms with E-state index in [1.165, 1.54) is 16.8 Å². The summed E-state index contributed by atoms with van der Waals surface area (Å²) >= 11 is 0. The molecule has 1 unspecified atom stereocenters. The number of aryl methyl sites for hydroxylation is 1. The first kappa shape index (κ1) is 18.6. The molecule has 1 atom stereocenters. The van der Waals surface area contributed by atoms with Crippen LogP contribution < -0.4 is 15.5 Å². The van der Waals surface area contributed by atoms with Gasteiger partial charge in [0.1, 0.15) is 0 Å². The Labute approximate surface area is 146 Å². The van der Waals surface area contributed by atoms with Crippen molar-refractivity contribution in [1.82, 2.24) is 10.6 Å². The number of hydrogen-bond donors (Lipinski definition) is 2. The minimum absolute atomic E-state index is 0.0700. The van der Waals surface area contributed by atoms with Crippen LogP contribution in [-0.2, 0) is 11.3 Å². The Morgan fingerprint density at radius 3 is 2.71 bits per heavy atom. The van der Waals surface area contributed by atoms with Crippen molar-refractivity contribution in [2.24, 2.45) is 4.99 Å². The molecular formula is C19H32N4O. The van der Waals surface area contributed by atoms with E-state index in [1.807, 2.05) is 0 Å². The molecule has 1 fully saturated rings. The van der Waals surface area contributed by atoms with E-state index in [-0.39, 0.29) is 5.60 Å². The average molecular weight is 332 g/mol. The molecule has 2 N–H and O–H groups in total. The Kier molecular flexibility index (Phi) is 6.49. The fourth-order valence-electron chi connectivity index (χ4n) is 2.89. The van der Waals surface area contributed by atoms with Gasteiger partial charge in [-0.05, 0) is 56.9 Å². The first-order valence-electron chi connectivity index (χ1n) is 8.86. The summed E-state index contributed by atoms with van der Waals surface area (Å²) in [5, 5.41) is 6.75. The predicted octanol–water partition coefficient (Wildman–Crippen LogP) is 2.69. The zero-order chi connectivity index (χ0) is 17.6. The second kappa shape index (κ2) is 8.38. The molecule has 0 saturated carbocycles. The van der Waals surface area contributed by atoms with Gasteiger partial charge in [-0.25, -0.2) is 4.99 Å². The summed E-state index contributed by atoms with van der Waals surface area (Å²) in [4.78, 5) is 6.86. The van der Waals surface area contributed by atoms with E-state index in [1.54, 1.807) is 0 Å². The van der Waals surface area contributed by atoms with Crippen molar-refractivity contribution in [3.05, 3.63) is 29.3 Å². The maximum absolute atomic E-state index is 5.84. The maximum atomic E-state index is 5.84. The molecule has 1 heterocycles. The molecule has 0 radical (unpaired) electrons. The third-order valence-corrected chi connectivity index (χ3v) is 4.52. The smallest absolute Gasteiger partial charge is 0.191 e. The number of anilines is 1. The number of rotatable bonds is 6. The maximum Gasteiger partial charge on any atom is 0.191 e. The van der Waals surface area contributed by atoms with Gasteiger partial charge in [-0.2, -0.15) is 0 Å². The molecule has 0 amide bonds. The Hall–Kier alpha value is -1.75. The van der Waals surface area contributed by atoms with E-state index in [0.29, 0.717) is 6.54 Å². The van der Waals surface area contributed by atoms with Crippen LogP contribution in [0, 0.1) is 6.92 Å². The Balaban J connectivity index is 1.99. The van der Waals surface area contributed by atoms with Crippen molar-refractivity contribution < 1.29 is 4.74 Å². The lowest BCUT2D eigenvalue weighted by Gasteiger charge is -2.24. The van der Waals surface area contributed by atoms with Gasteiger partial charge >= 0.3 is 0 Å². The second-order valence-corrected chi connectivity index (χ2v) is 6.96. The number of guanidine groups is 1. The highest BCUT2D eigenvalue weighted by molar-refractivity contribution is 5.79. The summed E-state index contributed by atoms with van der Waals surface area (Å²) in [7, 11) is 4.12. The zero-order valence-electron chi connectivity index (χ0n) is 15.8. The molecular weight excluding hydrogens is 300 g/mol. The summed E-state index contributed by atoms with van der Waals surface area (Å²) in [5.41, 5.74) is 3.67. The lowest BCUT2D eigenvalue weighted by molar-refractivity contribution is 0.0243. The van der Waals surface area contributed by atoms with Crippen molar-refractivity contribution in [3.63, 3.8) is 0 Å².